The van der Waals surface area contributed by atoms with Crippen LogP contribution in [0, 0.1) is 22.7 Å². The van der Waals surface area contributed by atoms with E-state index in [0.29, 0.717) is 5.92 Å². The molecule has 1 saturated heterocycles. The van der Waals surface area contributed by atoms with Crippen molar-refractivity contribution in [3.8, 4) is 0 Å². The zero-order chi connectivity index (χ0) is 12.3. The third-order valence-corrected chi connectivity index (χ3v) is 6.48. The first-order valence-corrected chi connectivity index (χ1v) is 7.22. The quantitative estimate of drug-likeness (QED) is 0.761. The highest BCUT2D eigenvalue weighted by molar-refractivity contribution is 5.20. The van der Waals surface area contributed by atoms with Gasteiger partial charge in [-0.3, -0.25) is 0 Å². The maximum atomic E-state index is 11.5. The van der Waals surface area contributed by atoms with Crippen LogP contribution in [0.5, 0.6) is 0 Å². The Morgan fingerprint density at radius 1 is 1.00 bits per heavy atom. The lowest BCUT2D eigenvalue weighted by atomic mass is 9.54. The molecule has 1 N–H and O–H groups in total. The Morgan fingerprint density at radius 2 is 1.65 bits per heavy atom. The molecule has 2 bridgehead atoms. The van der Waals surface area contributed by atoms with Gasteiger partial charge in [0.05, 0.1) is 5.60 Å². The first kappa shape index (κ1) is 12.0. The van der Waals surface area contributed by atoms with E-state index in [0.717, 1.165) is 32.0 Å². The van der Waals surface area contributed by atoms with E-state index in [4.69, 9.17) is 4.74 Å². The summed E-state index contributed by atoms with van der Waals surface area (Å²) in [5.41, 5.74) is -0.224. The molecule has 3 rings (SSSR count). The maximum absolute atomic E-state index is 11.5. The molecule has 2 heteroatoms. The minimum atomic E-state index is -0.466. The molecule has 0 amide bonds. The van der Waals surface area contributed by atoms with Gasteiger partial charge in [0.15, 0.2) is 0 Å². The summed E-state index contributed by atoms with van der Waals surface area (Å²) in [5, 5.41) is 11.5. The highest BCUT2D eigenvalue weighted by atomic mass is 16.5. The van der Waals surface area contributed by atoms with E-state index < -0.39 is 5.60 Å². The molecule has 2 nitrogen and oxygen atoms in total. The summed E-state index contributed by atoms with van der Waals surface area (Å²) in [5.74, 6) is 1.17. The third-order valence-electron chi connectivity index (χ3n) is 6.48. The Morgan fingerprint density at radius 3 is 2.18 bits per heavy atom. The van der Waals surface area contributed by atoms with E-state index in [-0.39, 0.29) is 10.8 Å². The predicted molar refractivity (Wildman–Crippen MR) is 67.7 cm³/mol. The Balaban J connectivity index is 1.98. The molecule has 3 fully saturated rings. The largest absolute Gasteiger partial charge is 0.388 e. The Labute approximate surface area is 105 Å². The Hall–Kier alpha value is -0.0800. The first-order chi connectivity index (χ1) is 7.92. The van der Waals surface area contributed by atoms with E-state index in [1.54, 1.807) is 0 Å². The van der Waals surface area contributed by atoms with Crippen LogP contribution >= 0.6 is 0 Å². The second-order valence-electron chi connectivity index (χ2n) is 7.38. The monoisotopic (exact) mass is 238 g/mol. The molecule has 1 aliphatic heterocycles. The summed E-state index contributed by atoms with van der Waals surface area (Å²) in [6, 6.07) is 0. The average Bonchev–Trinajstić information content (AvgIpc) is 2.78. The van der Waals surface area contributed by atoms with E-state index >= 15 is 0 Å². The van der Waals surface area contributed by atoms with Gasteiger partial charge in [0.1, 0.15) is 0 Å². The van der Waals surface area contributed by atoms with Gasteiger partial charge in [0, 0.05) is 13.2 Å². The molecule has 3 aliphatic rings. The summed E-state index contributed by atoms with van der Waals surface area (Å²) < 4.78 is 5.47. The van der Waals surface area contributed by atoms with Gasteiger partial charge in [-0.1, -0.05) is 20.8 Å². The van der Waals surface area contributed by atoms with Gasteiger partial charge < -0.3 is 9.84 Å². The maximum Gasteiger partial charge on any atom is 0.0784 e. The fourth-order valence-corrected chi connectivity index (χ4v) is 5.43. The summed E-state index contributed by atoms with van der Waals surface area (Å²) in [6.07, 6.45) is 5.85. The van der Waals surface area contributed by atoms with Crippen LogP contribution < -0.4 is 0 Å². The van der Waals surface area contributed by atoms with Crippen molar-refractivity contribution in [2.45, 2.75) is 58.5 Å². The van der Waals surface area contributed by atoms with E-state index in [1.165, 1.54) is 19.3 Å². The van der Waals surface area contributed by atoms with Crippen LogP contribution in [0.4, 0.5) is 0 Å². The van der Waals surface area contributed by atoms with Gasteiger partial charge in [-0.05, 0) is 54.8 Å². The molecule has 0 aromatic carbocycles. The Kier molecular flexibility index (Phi) is 2.45. The fourth-order valence-electron chi connectivity index (χ4n) is 5.43. The summed E-state index contributed by atoms with van der Waals surface area (Å²) in [6.45, 7) is 8.61. The topological polar surface area (TPSA) is 29.5 Å². The number of rotatable bonds is 1. The van der Waals surface area contributed by atoms with Crippen molar-refractivity contribution >= 4 is 0 Å². The molecule has 3 atom stereocenters. The van der Waals surface area contributed by atoms with Gasteiger partial charge in [-0.15, -0.1) is 0 Å². The average molecular weight is 238 g/mol. The normalized spacial score (nSPS) is 49.8. The lowest BCUT2D eigenvalue weighted by Crippen LogP contribution is -2.59. The third kappa shape index (κ3) is 1.29. The molecular formula is C15H26O2. The van der Waals surface area contributed by atoms with Crippen LogP contribution in [0.3, 0.4) is 0 Å². The van der Waals surface area contributed by atoms with Crippen LogP contribution in [-0.4, -0.2) is 23.9 Å². The number of hydrogen-bond donors (Lipinski definition) is 1. The SMILES string of the molecule is CC12CCC(C1)C(C)(C)C2(O)C1CCOCC1. The molecule has 17 heavy (non-hydrogen) atoms. The van der Waals surface area contributed by atoms with Gasteiger partial charge >= 0.3 is 0 Å². The molecule has 0 aromatic heterocycles. The standard InChI is InChI=1S/C15H26O2/c1-13(2)12-4-7-14(3,10-12)15(13,16)11-5-8-17-9-6-11/h11-12,16H,4-10H2,1-3H3. The van der Waals surface area contributed by atoms with Crippen molar-refractivity contribution < 1.29 is 9.84 Å². The highest BCUT2D eigenvalue weighted by Crippen LogP contribution is 2.70. The van der Waals surface area contributed by atoms with Crippen LogP contribution in [0.2, 0.25) is 0 Å². The van der Waals surface area contributed by atoms with Crippen LogP contribution in [0.25, 0.3) is 0 Å². The number of hydrogen-bond acceptors (Lipinski definition) is 2. The van der Waals surface area contributed by atoms with Gasteiger partial charge in [-0.2, -0.15) is 0 Å². The lowest BCUT2D eigenvalue weighted by Gasteiger charge is -2.55. The number of fused-ring (bicyclic) bond motifs is 2. The number of ether oxygens (including phenoxy) is 1. The van der Waals surface area contributed by atoms with Crippen molar-refractivity contribution in [3.05, 3.63) is 0 Å². The molecule has 0 spiro atoms. The van der Waals surface area contributed by atoms with Gasteiger partial charge in [-0.25, -0.2) is 0 Å². The van der Waals surface area contributed by atoms with Crippen molar-refractivity contribution in [2.75, 3.05) is 13.2 Å². The van der Waals surface area contributed by atoms with E-state index in [1.807, 2.05) is 0 Å². The summed E-state index contributed by atoms with van der Waals surface area (Å²) in [7, 11) is 0. The van der Waals surface area contributed by atoms with Gasteiger partial charge in [0.2, 0.25) is 0 Å². The van der Waals surface area contributed by atoms with E-state index in [9.17, 15) is 5.11 Å². The smallest absolute Gasteiger partial charge is 0.0784 e. The molecular weight excluding hydrogens is 212 g/mol. The zero-order valence-corrected chi connectivity index (χ0v) is 11.5. The van der Waals surface area contributed by atoms with Crippen molar-refractivity contribution in [1.29, 1.82) is 0 Å². The molecule has 0 aromatic rings. The molecule has 2 aliphatic carbocycles. The van der Waals surface area contributed by atoms with Crippen molar-refractivity contribution in [3.63, 3.8) is 0 Å². The Bertz CT molecular complexity index is 312. The van der Waals surface area contributed by atoms with Crippen molar-refractivity contribution in [2.24, 2.45) is 22.7 Å². The van der Waals surface area contributed by atoms with Crippen LogP contribution in [0.1, 0.15) is 52.9 Å². The minimum absolute atomic E-state index is 0.0853. The summed E-state index contributed by atoms with van der Waals surface area (Å²) in [4.78, 5) is 0. The lowest BCUT2D eigenvalue weighted by molar-refractivity contribution is -0.196. The van der Waals surface area contributed by atoms with Gasteiger partial charge in [0.25, 0.3) is 0 Å². The predicted octanol–water partition coefficient (Wildman–Crippen LogP) is 2.99. The van der Waals surface area contributed by atoms with Crippen LogP contribution in [0.15, 0.2) is 0 Å². The molecule has 0 radical (unpaired) electrons. The second-order valence-corrected chi connectivity index (χ2v) is 7.38. The summed E-state index contributed by atoms with van der Waals surface area (Å²) >= 11 is 0. The molecule has 98 valence electrons. The molecule has 1 heterocycles. The highest BCUT2D eigenvalue weighted by Gasteiger charge is 2.70. The molecule has 3 unspecified atom stereocenters. The molecule has 2 saturated carbocycles. The fraction of sp³-hybridized carbons (Fsp3) is 1.00. The van der Waals surface area contributed by atoms with Crippen LogP contribution in [-0.2, 0) is 4.74 Å². The number of aliphatic hydroxyl groups is 1. The minimum Gasteiger partial charge on any atom is -0.388 e. The van der Waals surface area contributed by atoms with Crippen molar-refractivity contribution in [1.82, 2.24) is 0 Å². The zero-order valence-electron chi connectivity index (χ0n) is 11.5. The van der Waals surface area contributed by atoms with E-state index in [2.05, 4.69) is 20.8 Å². The second kappa shape index (κ2) is 3.48. The first-order valence-electron chi connectivity index (χ1n) is 7.22.